The lowest BCUT2D eigenvalue weighted by Gasteiger charge is -2.43. The monoisotopic (exact) mass is 410 g/mol. The molecule has 5 nitrogen and oxygen atoms in total. The predicted molar refractivity (Wildman–Crippen MR) is 119 cm³/mol. The molecule has 0 aliphatic heterocycles. The molecule has 2 N–H and O–H groups in total. The maximum Gasteiger partial charge on any atom is 0.264 e. The minimum absolute atomic E-state index is 0.112. The Bertz CT molecular complexity index is 935. The highest BCUT2D eigenvalue weighted by molar-refractivity contribution is 6.99. The van der Waals surface area contributed by atoms with Gasteiger partial charge < -0.3 is 9.53 Å². The van der Waals surface area contributed by atoms with Crippen LogP contribution in [0.25, 0.3) is 0 Å². The summed E-state index contributed by atoms with van der Waals surface area (Å²) in [4.78, 5) is 11.8. The minimum Gasteiger partial charge on any atom is -0.405 e. The quantitative estimate of drug-likeness (QED) is 0.589. The highest BCUT2D eigenvalue weighted by Crippen LogP contribution is 2.37. The van der Waals surface area contributed by atoms with E-state index in [2.05, 4.69) is 74.4 Å². The van der Waals surface area contributed by atoms with Crippen LogP contribution in [-0.4, -0.2) is 29.8 Å². The van der Waals surface area contributed by atoms with Crippen molar-refractivity contribution in [2.24, 2.45) is 0 Å². The van der Waals surface area contributed by atoms with Gasteiger partial charge in [0.25, 0.3) is 13.9 Å². The van der Waals surface area contributed by atoms with Gasteiger partial charge in [-0.1, -0.05) is 81.4 Å². The zero-order valence-electron chi connectivity index (χ0n) is 17.6. The average Bonchev–Trinajstić information content (AvgIpc) is 3.10. The van der Waals surface area contributed by atoms with Gasteiger partial charge >= 0.3 is 0 Å². The third-order valence-electron chi connectivity index (χ3n) is 5.40. The van der Waals surface area contributed by atoms with Crippen LogP contribution < -0.4 is 15.9 Å². The van der Waals surface area contributed by atoms with E-state index in [0.29, 0.717) is 12.3 Å². The van der Waals surface area contributed by atoms with Crippen molar-refractivity contribution < 1.29 is 9.53 Å². The molecule has 0 unspecified atom stereocenters. The van der Waals surface area contributed by atoms with Crippen LogP contribution in [0.1, 0.15) is 39.4 Å². The number of aliphatic hydroxyl groups is 1. The van der Waals surface area contributed by atoms with Crippen molar-refractivity contribution in [3.05, 3.63) is 82.8 Å². The maximum absolute atomic E-state index is 11.8. The first-order chi connectivity index (χ1) is 13.8. The molecule has 1 atom stereocenters. The largest absolute Gasteiger partial charge is 0.405 e. The smallest absolute Gasteiger partial charge is 0.264 e. The Labute approximate surface area is 173 Å². The molecule has 0 amide bonds. The van der Waals surface area contributed by atoms with Crippen molar-refractivity contribution in [3.63, 3.8) is 0 Å². The van der Waals surface area contributed by atoms with Gasteiger partial charge in [-0.05, 0) is 22.3 Å². The molecule has 0 saturated carbocycles. The lowest BCUT2D eigenvalue weighted by atomic mass is 10.2. The van der Waals surface area contributed by atoms with Crippen molar-refractivity contribution in [3.8, 4) is 0 Å². The molecular formula is C23H30N2O3Si. The Morgan fingerprint density at radius 2 is 1.55 bits per heavy atom. The van der Waals surface area contributed by atoms with E-state index in [-0.39, 0.29) is 23.2 Å². The fourth-order valence-electron chi connectivity index (χ4n) is 4.04. The van der Waals surface area contributed by atoms with Gasteiger partial charge in [0.1, 0.15) is 0 Å². The maximum atomic E-state index is 11.8. The van der Waals surface area contributed by atoms with Crippen LogP contribution in [0.5, 0.6) is 0 Å². The molecule has 1 heterocycles. The van der Waals surface area contributed by atoms with E-state index in [1.807, 2.05) is 19.1 Å². The summed E-state index contributed by atoms with van der Waals surface area (Å²) in [5, 5.41) is 14.7. The number of benzene rings is 2. The van der Waals surface area contributed by atoms with E-state index in [1.54, 1.807) is 4.68 Å². The zero-order chi connectivity index (χ0) is 21.1. The van der Waals surface area contributed by atoms with E-state index in [4.69, 9.17) is 4.43 Å². The Kier molecular flexibility index (Phi) is 6.26. The number of nitrogens with zero attached hydrogens (tertiary/aromatic N) is 1. The number of aromatic nitrogens is 2. The van der Waals surface area contributed by atoms with Crippen molar-refractivity contribution in [1.29, 1.82) is 0 Å². The highest BCUT2D eigenvalue weighted by atomic mass is 28.4. The second-order valence-corrected chi connectivity index (χ2v) is 12.8. The minimum atomic E-state index is -2.63. The Morgan fingerprint density at radius 3 is 2.00 bits per heavy atom. The van der Waals surface area contributed by atoms with Gasteiger partial charge in [0, 0.05) is 6.07 Å². The topological polar surface area (TPSA) is 67.2 Å². The molecule has 0 aliphatic carbocycles. The zero-order valence-corrected chi connectivity index (χ0v) is 18.6. The van der Waals surface area contributed by atoms with Crippen LogP contribution in [0, 0.1) is 0 Å². The first-order valence-corrected chi connectivity index (χ1v) is 11.9. The number of H-pyrrole nitrogens is 1. The van der Waals surface area contributed by atoms with Crippen molar-refractivity contribution in [1.82, 2.24) is 9.78 Å². The van der Waals surface area contributed by atoms with Crippen LogP contribution in [0.3, 0.4) is 0 Å². The van der Waals surface area contributed by atoms with E-state index in [0.717, 1.165) is 0 Å². The molecule has 0 saturated heterocycles. The molecule has 3 aromatic rings. The van der Waals surface area contributed by atoms with Gasteiger partial charge in [-0.2, -0.15) is 0 Å². The summed E-state index contributed by atoms with van der Waals surface area (Å²) in [6.45, 7) is 8.93. The normalized spacial score (nSPS) is 13.4. The lowest BCUT2D eigenvalue weighted by molar-refractivity contribution is 0.218. The first-order valence-electron chi connectivity index (χ1n) is 9.96. The number of aromatic amines is 1. The van der Waals surface area contributed by atoms with Gasteiger partial charge in [0.05, 0.1) is 24.9 Å². The molecule has 154 valence electrons. The first kappa shape index (κ1) is 21.3. The lowest BCUT2D eigenvalue weighted by Crippen LogP contribution is -2.66. The van der Waals surface area contributed by atoms with Gasteiger partial charge in [0.15, 0.2) is 0 Å². The molecule has 1 aromatic heterocycles. The van der Waals surface area contributed by atoms with Gasteiger partial charge in [-0.3, -0.25) is 14.6 Å². The summed E-state index contributed by atoms with van der Waals surface area (Å²) in [6.07, 6.45) is 0. The molecule has 0 radical (unpaired) electrons. The summed E-state index contributed by atoms with van der Waals surface area (Å²) in [7, 11) is -2.63. The standard InChI is InChI=1S/C23H30N2O3Si/c1-18(25-19(16-26)15-22(27)24-25)17-28-29(23(2,3)4,20-11-7-5-8-12-20)21-13-9-6-10-14-21/h5-15,18,26H,16-17H2,1-4H3,(H,24,27)/t18-/m0/s1. The van der Waals surface area contributed by atoms with E-state index >= 15 is 0 Å². The molecule has 0 fully saturated rings. The van der Waals surface area contributed by atoms with Gasteiger partial charge in [-0.15, -0.1) is 0 Å². The Balaban J connectivity index is 2.05. The number of aliphatic hydroxyl groups excluding tert-OH is 1. The molecule has 0 aliphatic rings. The van der Waals surface area contributed by atoms with Crippen LogP contribution in [-0.2, 0) is 11.0 Å². The second kappa shape index (κ2) is 8.53. The third kappa shape index (κ3) is 4.15. The molecule has 6 heteroatoms. The molecule has 29 heavy (non-hydrogen) atoms. The molecular weight excluding hydrogens is 380 g/mol. The summed E-state index contributed by atoms with van der Waals surface area (Å²) >= 11 is 0. The van der Waals surface area contributed by atoms with E-state index in [1.165, 1.54) is 16.4 Å². The summed E-state index contributed by atoms with van der Waals surface area (Å²) < 4.78 is 8.61. The Hall–Kier alpha value is -2.41. The van der Waals surface area contributed by atoms with Crippen molar-refractivity contribution in [2.45, 2.75) is 45.4 Å². The molecule has 2 aromatic carbocycles. The predicted octanol–water partition coefficient (Wildman–Crippen LogP) is 2.81. The van der Waals surface area contributed by atoms with Crippen molar-refractivity contribution >= 4 is 18.7 Å². The van der Waals surface area contributed by atoms with E-state index in [9.17, 15) is 9.90 Å². The number of rotatable bonds is 7. The van der Waals surface area contributed by atoms with Crippen molar-refractivity contribution in [2.75, 3.05) is 6.61 Å². The molecule has 0 spiro atoms. The second-order valence-electron chi connectivity index (χ2n) is 8.46. The fraction of sp³-hybridized carbons (Fsp3) is 0.348. The third-order valence-corrected chi connectivity index (χ3v) is 10.4. The molecule has 3 rings (SSSR count). The van der Waals surface area contributed by atoms with E-state index < -0.39 is 8.32 Å². The van der Waals surface area contributed by atoms with Gasteiger partial charge in [0.2, 0.25) is 0 Å². The summed E-state index contributed by atoms with van der Waals surface area (Å²) in [5.74, 6) is 0. The number of nitrogens with one attached hydrogen (secondary N) is 1. The molecule has 0 bridgehead atoms. The van der Waals surface area contributed by atoms with Crippen LogP contribution >= 0.6 is 0 Å². The Morgan fingerprint density at radius 1 is 1.03 bits per heavy atom. The highest BCUT2D eigenvalue weighted by Gasteiger charge is 2.50. The van der Waals surface area contributed by atoms with Crippen LogP contribution in [0.15, 0.2) is 71.5 Å². The number of hydrogen-bond donors (Lipinski definition) is 2. The summed E-state index contributed by atoms with van der Waals surface area (Å²) in [6, 6.07) is 22.2. The van der Waals surface area contributed by atoms with Crippen LogP contribution in [0.4, 0.5) is 0 Å². The SMILES string of the molecule is C[C@@H](CO[Si](c1ccccc1)(c1ccccc1)C(C)(C)C)n1[nH]c(=O)cc1CO. The van der Waals surface area contributed by atoms with Crippen LogP contribution in [0.2, 0.25) is 5.04 Å². The average molecular weight is 411 g/mol. The summed E-state index contributed by atoms with van der Waals surface area (Å²) in [5.41, 5.74) is 0.347. The van der Waals surface area contributed by atoms with Gasteiger partial charge in [-0.25, -0.2) is 0 Å². The number of hydrogen-bond acceptors (Lipinski definition) is 3. The fourth-order valence-corrected chi connectivity index (χ4v) is 8.69.